The second-order valence-corrected chi connectivity index (χ2v) is 4.08. The second-order valence-electron chi connectivity index (χ2n) is 4.08. The van der Waals surface area contributed by atoms with E-state index >= 15 is 0 Å². The van der Waals surface area contributed by atoms with Crippen LogP contribution >= 0.6 is 0 Å². The molecule has 0 aliphatic rings. The summed E-state index contributed by atoms with van der Waals surface area (Å²) in [6.45, 7) is 4.37. The van der Waals surface area contributed by atoms with Crippen LogP contribution in [0.15, 0.2) is 41.0 Å². The van der Waals surface area contributed by atoms with Crippen molar-refractivity contribution in [2.45, 2.75) is 20.4 Å². The van der Waals surface area contributed by atoms with Crippen LogP contribution in [-0.2, 0) is 6.54 Å². The average Bonchev–Trinajstić information content (AvgIpc) is 2.78. The molecule has 0 fully saturated rings. The van der Waals surface area contributed by atoms with Gasteiger partial charge in [0.1, 0.15) is 5.76 Å². The summed E-state index contributed by atoms with van der Waals surface area (Å²) in [5.74, 6) is 0.682. The molecule has 0 aliphatic carbocycles. The number of hydrogen-bond acceptors (Lipinski definition) is 2. The zero-order valence-electron chi connectivity index (χ0n) is 9.99. The largest absolute Gasteiger partial charge is 0.467 e. The van der Waals surface area contributed by atoms with Crippen LogP contribution in [0.3, 0.4) is 0 Å². The molecule has 1 amide bonds. The molecule has 88 valence electrons. The summed E-state index contributed by atoms with van der Waals surface area (Å²) >= 11 is 0. The van der Waals surface area contributed by atoms with E-state index in [-0.39, 0.29) is 5.91 Å². The van der Waals surface area contributed by atoms with Crippen LogP contribution in [0.4, 0.5) is 0 Å². The lowest BCUT2D eigenvalue weighted by Crippen LogP contribution is -2.23. The predicted octanol–water partition coefficient (Wildman–Crippen LogP) is 2.83. The number of hydrogen-bond donors (Lipinski definition) is 1. The quantitative estimate of drug-likeness (QED) is 0.879. The fourth-order valence-electron chi connectivity index (χ4n) is 1.74. The van der Waals surface area contributed by atoms with Gasteiger partial charge in [0.25, 0.3) is 5.91 Å². The van der Waals surface area contributed by atoms with Gasteiger partial charge in [-0.2, -0.15) is 0 Å². The average molecular weight is 229 g/mol. The molecule has 2 aromatic rings. The maximum Gasteiger partial charge on any atom is 0.251 e. The highest BCUT2D eigenvalue weighted by atomic mass is 16.3. The van der Waals surface area contributed by atoms with Gasteiger partial charge in [-0.3, -0.25) is 4.79 Å². The van der Waals surface area contributed by atoms with Crippen molar-refractivity contribution >= 4 is 5.91 Å². The third kappa shape index (κ3) is 2.75. The Morgan fingerprint density at radius 3 is 2.76 bits per heavy atom. The van der Waals surface area contributed by atoms with E-state index in [1.807, 2.05) is 38.1 Å². The molecule has 17 heavy (non-hydrogen) atoms. The summed E-state index contributed by atoms with van der Waals surface area (Å²) in [6, 6.07) is 9.43. The van der Waals surface area contributed by atoms with Crippen LogP contribution in [-0.4, -0.2) is 5.91 Å². The van der Waals surface area contributed by atoms with E-state index in [4.69, 9.17) is 4.42 Å². The van der Waals surface area contributed by atoms with E-state index in [1.165, 1.54) is 0 Å². The number of nitrogens with one attached hydrogen (secondary N) is 1. The van der Waals surface area contributed by atoms with Crippen LogP contribution in [0.25, 0.3) is 0 Å². The number of furan rings is 1. The minimum absolute atomic E-state index is 0.0705. The number of benzene rings is 1. The topological polar surface area (TPSA) is 42.2 Å². The van der Waals surface area contributed by atoms with Crippen molar-refractivity contribution in [2.24, 2.45) is 0 Å². The normalized spacial score (nSPS) is 10.2. The van der Waals surface area contributed by atoms with Crippen molar-refractivity contribution in [1.29, 1.82) is 0 Å². The highest BCUT2D eigenvalue weighted by Crippen LogP contribution is 2.10. The van der Waals surface area contributed by atoms with Crippen LogP contribution in [0, 0.1) is 13.8 Å². The van der Waals surface area contributed by atoms with Gasteiger partial charge < -0.3 is 9.73 Å². The first-order chi connectivity index (χ1) is 8.16. The molecule has 3 heteroatoms. The maximum absolute atomic E-state index is 11.9. The molecular formula is C14H15NO2. The van der Waals surface area contributed by atoms with E-state index in [0.717, 1.165) is 16.9 Å². The smallest absolute Gasteiger partial charge is 0.251 e. The summed E-state index contributed by atoms with van der Waals surface area (Å²) in [4.78, 5) is 11.9. The summed E-state index contributed by atoms with van der Waals surface area (Å²) in [5, 5.41) is 2.83. The Kier molecular flexibility index (Phi) is 3.28. The Labute approximate surface area is 100 Å². The summed E-state index contributed by atoms with van der Waals surface area (Å²) < 4.78 is 5.15. The number of carbonyl (C=O) groups is 1. The van der Waals surface area contributed by atoms with Crippen LogP contribution in [0.5, 0.6) is 0 Å². The number of rotatable bonds is 3. The first-order valence-electron chi connectivity index (χ1n) is 5.54. The number of carbonyl (C=O) groups excluding carboxylic acids is 1. The Morgan fingerprint density at radius 1 is 1.29 bits per heavy atom. The fourth-order valence-corrected chi connectivity index (χ4v) is 1.74. The van der Waals surface area contributed by atoms with Crippen LogP contribution < -0.4 is 5.32 Å². The van der Waals surface area contributed by atoms with E-state index in [2.05, 4.69) is 5.32 Å². The lowest BCUT2D eigenvalue weighted by Gasteiger charge is -2.07. The lowest BCUT2D eigenvalue weighted by atomic mass is 10.1. The molecule has 1 aromatic carbocycles. The predicted molar refractivity (Wildman–Crippen MR) is 65.8 cm³/mol. The Hall–Kier alpha value is -2.03. The molecule has 1 heterocycles. The first-order valence-corrected chi connectivity index (χ1v) is 5.54. The van der Waals surface area contributed by atoms with Crippen molar-refractivity contribution in [1.82, 2.24) is 5.32 Å². The molecule has 1 N–H and O–H groups in total. The van der Waals surface area contributed by atoms with E-state index in [0.29, 0.717) is 12.1 Å². The highest BCUT2D eigenvalue weighted by molar-refractivity contribution is 5.95. The Balaban J connectivity index is 2.04. The molecule has 0 bridgehead atoms. The standard InChI is InChI=1S/C14H15NO2/c1-10-5-6-13(11(2)8-10)14(16)15-9-12-4-3-7-17-12/h3-8H,9H2,1-2H3,(H,15,16). The van der Waals surface area contributed by atoms with Gasteiger partial charge in [0.2, 0.25) is 0 Å². The fraction of sp³-hybridized carbons (Fsp3) is 0.214. The Morgan fingerprint density at radius 2 is 2.12 bits per heavy atom. The van der Waals surface area contributed by atoms with Gasteiger partial charge in [0, 0.05) is 5.56 Å². The van der Waals surface area contributed by atoms with Gasteiger partial charge in [0.05, 0.1) is 12.8 Å². The molecule has 3 nitrogen and oxygen atoms in total. The van der Waals surface area contributed by atoms with Gasteiger partial charge in [0.15, 0.2) is 0 Å². The zero-order valence-corrected chi connectivity index (χ0v) is 9.99. The number of amides is 1. The minimum atomic E-state index is -0.0705. The Bertz CT molecular complexity index is 515. The summed E-state index contributed by atoms with van der Waals surface area (Å²) in [6.07, 6.45) is 1.60. The number of aryl methyl sites for hydroxylation is 2. The molecule has 0 saturated heterocycles. The molecule has 0 atom stereocenters. The van der Waals surface area contributed by atoms with Crippen LogP contribution in [0.1, 0.15) is 27.2 Å². The van der Waals surface area contributed by atoms with E-state index in [1.54, 1.807) is 12.3 Å². The van der Waals surface area contributed by atoms with Gasteiger partial charge in [-0.25, -0.2) is 0 Å². The molecule has 0 radical (unpaired) electrons. The van der Waals surface area contributed by atoms with Crippen molar-refractivity contribution < 1.29 is 9.21 Å². The molecular weight excluding hydrogens is 214 g/mol. The van der Waals surface area contributed by atoms with Crippen molar-refractivity contribution in [3.63, 3.8) is 0 Å². The van der Waals surface area contributed by atoms with Gasteiger partial charge in [-0.05, 0) is 37.6 Å². The van der Waals surface area contributed by atoms with Crippen molar-refractivity contribution in [3.8, 4) is 0 Å². The van der Waals surface area contributed by atoms with Crippen molar-refractivity contribution in [3.05, 3.63) is 59.0 Å². The van der Waals surface area contributed by atoms with Gasteiger partial charge in [-0.15, -0.1) is 0 Å². The van der Waals surface area contributed by atoms with Crippen molar-refractivity contribution in [2.75, 3.05) is 0 Å². The molecule has 0 saturated carbocycles. The first kappa shape index (κ1) is 11.5. The van der Waals surface area contributed by atoms with Gasteiger partial charge in [-0.1, -0.05) is 17.7 Å². The summed E-state index contributed by atoms with van der Waals surface area (Å²) in [7, 11) is 0. The SMILES string of the molecule is Cc1ccc(C(=O)NCc2ccco2)c(C)c1. The third-order valence-electron chi connectivity index (χ3n) is 2.63. The van der Waals surface area contributed by atoms with E-state index in [9.17, 15) is 4.79 Å². The molecule has 2 rings (SSSR count). The minimum Gasteiger partial charge on any atom is -0.467 e. The third-order valence-corrected chi connectivity index (χ3v) is 2.63. The molecule has 0 aliphatic heterocycles. The highest BCUT2D eigenvalue weighted by Gasteiger charge is 2.08. The molecule has 0 spiro atoms. The lowest BCUT2D eigenvalue weighted by molar-refractivity contribution is 0.0947. The van der Waals surface area contributed by atoms with E-state index < -0.39 is 0 Å². The van der Waals surface area contributed by atoms with Crippen LogP contribution in [0.2, 0.25) is 0 Å². The maximum atomic E-state index is 11.9. The second kappa shape index (κ2) is 4.87. The molecule has 0 unspecified atom stereocenters. The summed E-state index contributed by atoms with van der Waals surface area (Å²) in [5.41, 5.74) is 2.86. The van der Waals surface area contributed by atoms with Gasteiger partial charge >= 0.3 is 0 Å². The monoisotopic (exact) mass is 229 g/mol. The zero-order chi connectivity index (χ0) is 12.3. The molecule has 1 aromatic heterocycles.